The number of methoxy groups -OCH3 is 1. The van der Waals surface area contributed by atoms with Crippen LogP contribution < -0.4 is 14.4 Å². The van der Waals surface area contributed by atoms with E-state index in [1.54, 1.807) is 18.2 Å². The number of hydrogen-bond donors (Lipinski definition) is 1. The summed E-state index contributed by atoms with van der Waals surface area (Å²) < 4.78 is 48.4. The fourth-order valence-electron chi connectivity index (χ4n) is 5.77. The number of rotatable bonds is 13. The fraction of sp³-hybridized carbons (Fsp3) is 0.278. The van der Waals surface area contributed by atoms with Gasteiger partial charge in [0.1, 0.15) is 24.2 Å². The molecule has 4 aromatic carbocycles. The van der Waals surface area contributed by atoms with Crippen molar-refractivity contribution in [2.45, 2.75) is 55.6 Å². The minimum atomic E-state index is -4.37. The van der Waals surface area contributed by atoms with E-state index < -0.39 is 34.3 Å². The first-order chi connectivity index (χ1) is 23.0. The normalized spacial score (nSPS) is 13.9. The summed E-state index contributed by atoms with van der Waals surface area (Å²) in [5.41, 5.74) is 1.40. The Morgan fingerprint density at radius 1 is 0.938 bits per heavy atom. The van der Waals surface area contributed by atoms with Crippen LogP contribution in [0.2, 0.25) is 10.0 Å². The number of carbonyl (C=O) groups is 2. The minimum absolute atomic E-state index is 0.0296. The molecule has 0 aliphatic heterocycles. The highest BCUT2D eigenvalue weighted by atomic mass is 35.5. The lowest BCUT2D eigenvalue weighted by molar-refractivity contribution is -0.140. The summed E-state index contributed by atoms with van der Waals surface area (Å²) in [6, 6.07) is 23.6. The van der Waals surface area contributed by atoms with E-state index in [0.29, 0.717) is 16.3 Å². The predicted molar refractivity (Wildman–Crippen MR) is 185 cm³/mol. The van der Waals surface area contributed by atoms with Crippen molar-refractivity contribution in [2.24, 2.45) is 0 Å². The molecule has 1 saturated carbocycles. The van der Waals surface area contributed by atoms with Crippen LogP contribution in [0.15, 0.2) is 102 Å². The maximum atomic E-state index is 14.6. The van der Waals surface area contributed by atoms with E-state index in [0.717, 1.165) is 47.7 Å². The van der Waals surface area contributed by atoms with Crippen molar-refractivity contribution in [3.63, 3.8) is 0 Å². The Kier molecular flexibility index (Phi) is 11.6. The largest absolute Gasteiger partial charge is 0.497 e. The summed E-state index contributed by atoms with van der Waals surface area (Å²) in [5, 5.41) is 3.82. The van der Waals surface area contributed by atoms with Crippen LogP contribution in [-0.2, 0) is 32.6 Å². The van der Waals surface area contributed by atoms with Crippen LogP contribution in [0.4, 0.5) is 10.1 Å². The maximum Gasteiger partial charge on any atom is 0.264 e. The van der Waals surface area contributed by atoms with Gasteiger partial charge in [-0.2, -0.15) is 0 Å². The molecule has 5 rings (SSSR count). The molecule has 0 heterocycles. The Bertz CT molecular complexity index is 1820. The van der Waals surface area contributed by atoms with E-state index >= 15 is 0 Å². The zero-order valence-electron chi connectivity index (χ0n) is 26.3. The van der Waals surface area contributed by atoms with Crippen LogP contribution in [0.1, 0.15) is 36.8 Å². The molecule has 48 heavy (non-hydrogen) atoms. The molecular formula is C36H36Cl2FN3O5S. The second-order valence-electron chi connectivity index (χ2n) is 11.6. The highest BCUT2D eigenvalue weighted by Gasteiger charge is 2.36. The highest BCUT2D eigenvalue weighted by molar-refractivity contribution is 7.92. The molecule has 1 aliphatic carbocycles. The van der Waals surface area contributed by atoms with E-state index in [2.05, 4.69) is 5.32 Å². The number of halogens is 3. The average Bonchev–Trinajstić information content (AvgIpc) is 3.60. The molecule has 1 atom stereocenters. The Morgan fingerprint density at radius 2 is 1.60 bits per heavy atom. The number of sulfonamides is 1. The van der Waals surface area contributed by atoms with Gasteiger partial charge in [0.15, 0.2) is 0 Å². The van der Waals surface area contributed by atoms with Gasteiger partial charge in [-0.05, 0) is 84.6 Å². The molecule has 0 spiro atoms. The van der Waals surface area contributed by atoms with Crippen LogP contribution in [0.25, 0.3) is 0 Å². The number of carbonyl (C=O) groups excluding carboxylic acids is 2. The zero-order valence-corrected chi connectivity index (χ0v) is 28.6. The topological polar surface area (TPSA) is 96.0 Å². The third kappa shape index (κ3) is 8.66. The van der Waals surface area contributed by atoms with Crippen LogP contribution in [0, 0.1) is 5.82 Å². The number of ether oxygens (including phenoxy) is 1. The standard InChI is InChI=1S/C36H36Cl2FN3O5S/c1-47-31-17-19-32(20-18-31)48(45,46)42(30-15-13-28(39)14-16-30)24-35(43)41(23-26-11-12-27(37)22-33(26)38)34(21-25-7-3-2-4-8-25)36(44)40-29-9-5-6-10-29/h2-4,7-8,11-20,22,29,34H,5-6,9-10,21,23-24H2,1H3,(H,40,44)/t34-/m0/s1. The van der Waals surface area contributed by atoms with Crippen molar-refractivity contribution < 1.29 is 27.1 Å². The lowest BCUT2D eigenvalue weighted by Crippen LogP contribution is -2.54. The van der Waals surface area contributed by atoms with E-state index in [1.807, 2.05) is 30.3 Å². The predicted octanol–water partition coefficient (Wildman–Crippen LogP) is 7.04. The van der Waals surface area contributed by atoms with E-state index in [9.17, 15) is 22.4 Å². The van der Waals surface area contributed by atoms with Gasteiger partial charge in [-0.3, -0.25) is 13.9 Å². The number of anilines is 1. The first-order valence-electron chi connectivity index (χ1n) is 15.5. The number of hydrogen-bond acceptors (Lipinski definition) is 5. The van der Waals surface area contributed by atoms with Crippen LogP contribution in [0.5, 0.6) is 5.75 Å². The van der Waals surface area contributed by atoms with E-state index in [-0.39, 0.29) is 40.5 Å². The van der Waals surface area contributed by atoms with Gasteiger partial charge in [-0.25, -0.2) is 12.8 Å². The van der Waals surface area contributed by atoms with Crippen molar-refractivity contribution >= 4 is 50.7 Å². The first kappa shape index (κ1) is 35.2. The summed E-state index contributed by atoms with van der Waals surface area (Å²) in [4.78, 5) is 30.0. The lowest BCUT2D eigenvalue weighted by Gasteiger charge is -2.34. The summed E-state index contributed by atoms with van der Waals surface area (Å²) in [7, 11) is -2.91. The molecule has 12 heteroatoms. The number of benzene rings is 4. The van der Waals surface area contributed by atoms with Crippen molar-refractivity contribution in [3.05, 3.63) is 124 Å². The Hall–Kier alpha value is -4.12. The van der Waals surface area contributed by atoms with Gasteiger partial charge < -0.3 is 15.0 Å². The van der Waals surface area contributed by atoms with E-state index in [1.165, 1.54) is 48.4 Å². The van der Waals surface area contributed by atoms with Gasteiger partial charge in [-0.15, -0.1) is 0 Å². The number of nitrogens with one attached hydrogen (secondary N) is 1. The smallest absolute Gasteiger partial charge is 0.264 e. The third-order valence-corrected chi connectivity index (χ3v) is 10.7. The van der Waals surface area contributed by atoms with Crippen molar-refractivity contribution in [3.8, 4) is 5.75 Å². The average molecular weight is 713 g/mol. The third-order valence-electron chi connectivity index (χ3n) is 8.37. The van der Waals surface area contributed by atoms with Gasteiger partial charge in [0.2, 0.25) is 11.8 Å². The molecule has 4 aromatic rings. The molecule has 0 unspecified atom stereocenters. The van der Waals surface area contributed by atoms with E-state index in [4.69, 9.17) is 27.9 Å². The Balaban J connectivity index is 1.58. The molecule has 1 fully saturated rings. The quantitative estimate of drug-likeness (QED) is 0.161. The van der Waals surface area contributed by atoms with Crippen molar-refractivity contribution in [1.29, 1.82) is 0 Å². The summed E-state index contributed by atoms with van der Waals surface area (Å²) in [6.07, 6.45) is 3.82. The molecule has 0 saturated heterocycles. The summed E-state index contributed by atoms with van der Waals surface area (Å²) >= 11 is 12.7. The van der Waals surface area contributed by atoms with Gasteiger partial charge in [-0.1, -0.05) is 72.4 Å². The molecule has 8 nitrogen and oxygen atoms in total. The summed E-state index contributed by atoms with van der Waals surface area (Å²) in [5.74, 6) is -1.14. The van der Waals surface area contributed by atoms with Crippen LogP contribution in [0.3, 0.4) is 0 Å². The number of nitrogens with zero attached hydrogens (tertiary/aromatic N) is 2. The van der Waals surface area contributed by atoms with Crippen molar-refractivity contribution in [1.82, 2.24) is 10.2 Å². The molecule has 2 amide bonds. The SMILES string of the molecule is COc1ccc(S(=O)(=O)N(CC(=O)N(Cc2ccc(Cl)cc2Cl)[C@@H](Cc2ccccc2)C(=O)NC2CCCC2)c2ccc(F)cc2)cc1. The van der Waals surface area contributed by atoms with Crippen LogP contribution >= 0.6 is 23.2 Å². The fourth-order valence-corrected chi connectivity index (χ4v) is 7.65. The molecular weight excluding hydrogens is 676 g/mol. The molecule has 0 radical (unpaired) electrons. The molecule has 0 aromatic heterocycles. The monoisotopic (exact) mass is 711 g/mol. The lowest BCUT2D eigenvalue weighted by atomic mass is 10.0. The Labute approximate surface area is 290 Å². The van der Waals surface area contributed by atoms with Crippen LogP contribution in [-0.4, -0.2) is 50.9 Å². The maximum absolute atomic E-state index is 14.6. The van der Waals surface area contributed by atoms with Gasteiger partial charge in [0.25, 0.3) is 10.0 Å². The van der Waals surface area contributed by atoms with Gasteiger partial charge in [0, 0.05) is 29.1 Å². The molecule has 0 bridgehead atoms. The molecule has 1 aliphatic rings. The second kappa shape index (κ2) is 15.9. The Morgan fingerprint density at radius 3 is 2.23 bits per heavy atom. The number of amides is 2. The molecule has 252 valence electrons. The zero-order chi connectivity index (χ0) is 34.3. The highest BCUT2D eigenvalue weighted by Crippen LogP contribution is 2.28. The van der Waals surface area contributed by atoms with Gasteiger partial charge in [0.05, 0.1) is 17.7 Å². The van der Waals surface area contributed by atoms with Gasteiger partial charge >= 0.3 is 0 Å². The molecule has 1 N–H and O–H groups in total. The first-order valence-corrected chi connectivity index (χ1v) is 17.7. The van der Waals surface area contributed by atoms with Crippen molar-refractivity contribution in [2.75, 3.05) is 18.0 Å². The second-order valence-corrected chi connectivity index (χ2v) is 14.3. The minimum Gasteiger partial charge on any atom is -0.497 e. The summed E-state index contributed by atoms with van der Waals surface area (Å²) in [6.45, 7) is -0.794.